The van der Waals surface area contributed by atoms with Crippen molar-refractivity contribution in [1.82, 2.24) is 4.90 Å². The zero-order valence-corrected chi connectivity index (χ0v) is 12.2. The van der Waals surface area contributed by atoms with E-state index < -0.39 is 5.97 Å². The molecule has 0 aromatic heterocycles. The maximum Gasteiger partial charge on any atom is 0.307 e. The lowest BCUT2D eigenvalue weighted by molar-refractivity contribution is -0.143. The van der Waals surface area contributed by atoms with Gasteiger partial charge in [0.15, 0.2) is 0 Å². The van der Waals surface area contributed by atoms with E-state index in [0.717, 1.165) is 38.1 Å². The number of nitrogens with zero attached hydrogens (tertiary/aromatic N) is 1. The maximum absolute atomic E-state index is 11.0. The van der Waals surface area contributed by atoms with Crippen LogP contribution in [-0.2, 0) is 4.79 Å². The van der Waals surface area contributed by atoms with E-state index in [1.807, 2.05) is 18.2 Å². The van der Waals surface area contributed by atoms with Crippen LogP contribution in [0.3, 0.4) is 0 Å². The highest BCUT2D eigenvalue weighted by molar-refractivity contribution is 6.30. The van der Waals surface area contributed by atoms with Gasteiger partial charge >= 0.3 is 5.97 Å². The van der Waals surface area contributed by atoms with E-state index in [1.165, 1.54) is 0 Å². The number of likely N-dealkylation sites (tertiary alicyclic amines) is 1. The van der Waals surface area contributed by atoms with E-state index in [9.17, 15) is 4.79 Å². The molecular weight excluding hydrogens is 278 g/mol. The molecule has 1 aromatic carbocycles. The van der Waals surface area contributed by atoms with Crippen LogP contribution >= 0.6 is 11.6 Å². The molecule has 4 nitrogen and oxygen atoms in total. The molecule has 0 bridgehead atoms. The average molecular weight is 298 g/mol. The Hall–Kier alpha value is -1.26. The molecule has 0 aliphatic carbocycles. The second-order valence-corrected chi connectivity index (χ2v) is 5.57. The Bertz CT molecular complexity index is 452. The molecule has 2 rings (SSSR count). The van der Waals surface area contributed by atoms with Gasteiger partial charge in [0.25, 0.3) is 0 Å². The maximum atomic E-state index is 11.0. The van der Waals surface area contributed by atoms with Crippen molar-refractivity contribution in [3.8, 4) is 5.75 Å². The van der Waals surface area contributed by atoms with Crippen molar-refractivity contribution in [3.63, 3.8) is 0 Å². The normalized spacial score (nSPS) is 19.8. The van der Waals surface area contributed by atoms with E-state index >= 15 is 0 Å². The number of hydrogen-bond acceptors (Lipinski definition) is 3. The molecule has 1 atom stereocenters. The summed E-state index contributed by atoms with van der Waals surface area (Å²) in [5.41, 5.74) is 0. The second-order valence-electron chi connectivity index (χ2n) is 5.14. The van der Waals surface area contributed by atoms with Crippen molar-refractivity contribution >= 4 is 17.6 Å². The number of hydrogen-bond donors (Lipinski definition) is 1. The molecule has 5 heteroatoms. The van der Waals surface area contributed by atoms with Crippen LogP contribution in [0.15, 0.2) is 24.3 Å². The lowest BCUT2D eigenvalue weighted by Crippen LogP contribution is -2.39. The van der Waals surface area contributed by atoms with Gasteiger partial charge in [0.1, 0.15) is 5.75 Å². The minimum Gasteiger partial charge on any atom is -0.493 e. The molecule has 1 heterocycles. The van der Waals surface area contributed by atoms with Crippen LogP contribution in [0.1, 0.15) is 19.3 Å². The first kappa shape index (κ1) is 15.1. The predicted octanol–water partition coefficient (Wildman–Crippen LogP) is 2.91. The summed E-state index contributed by atoms with van der Waals surface area (Å²) in [6.07, 6.45) is 2.65. The molecule has 1 aromatic rings. The Morgan fingerprint density at radius 2 is 2.35 bits per heavy atom. The summed E-state index contributed by atoms with van der Waals surface area (Å²) in [5, 5.41) is 9.71. The van der Waals surface area contributed by atoms with Crippen LogP contribution in [0.5, 0.6) is 5.75 Å². The first-order chi connectivity index (χ1) is 9.65. The zero-order chi connectivity index (χ0) is 14.4. The number of carbonyl (C=O) groups is 1. The Morgan fingerprint density at radius 3 is 3.10 bits per heavy atom. The minimum absolute atomic E-state index is 0.211. The fraction of sp³-hybridized carbons (Fsp3) is 0.533. The summed E-state index contributed by atoms with van der Waals surface area (Å²) < 4.78 is 5.62. The van der Waals surface area contributed by atoms with Gasteiger partial charge in [0.2, 0.25) is 0 Å². The molecule has 0 saturated carbocycles. The number of aliphatic carboxylic acids is 1. The Balaban J connectivity index is 1.67. The fourth-order valence-electron chi connectivity index (χ4n) is 2.50. The van der Waals surface area contributed by atoms with Crippen LogP contribution in [-0.4, -0.2) is 42.2 Å². The molecule has 0 amide bonds. The summed E-state index contributed by atoms with van der Waals surface area (Å²) in [6, 6.07) is 7.35. The number of carboxylic acids is 1. The van der Waals surface area contributed by atoms with Gasteiger partial charge in [-0.1, -0.05) is 17.7 Å². The Morgan fingerprint density at radius 1 is 1.50 bits per heavy atom. The van der Waals surface area contributed by atoms with Crippen molar-refractivity contribution in [2.75, 3.05) is 26.2 Å². The van der Waals surface area contributed by atoms with E-state index in [4.69, 9.17) is 21.4 Å². The number of rotatable bonds is 6. The summed E-state index contributed by atoms with van der Waals surface area (Å²) in [7, 11) is 0. The third-order valence-electron chi connectivity index (χ3n) is 3.54. The molecule has 20 heavy (non-hydrogen) atoms. The van der Waals surface area contributed by atoms with Gasteiger partial charge in [-0.05, 0) is 44.0 Å². The van der Waals surface area contributed by atoms with Crippen LogP contribution in [0, 0.1) is 5.92 Å². The molecule has 1 aliphatic heterocycles. The Labute approximate surface area is 124 Å². The summed E-state index contributed by atoms with van der Waals surface area (Å²) in [4.78, 5) is 13.2. The summed E-state index contributed by atoms with van der Waals surface area (Å²) >= 11 is 5.88. The van der Waals surface area contributed by atoms with Crippen molar-refractivity contribution in [1.29, 1.82) is 0 Å². The topological polar surface area (TPSA) is 49.8 Å². The van der Waals surface area contributed by atoms with Crippen LogP contribution in [0.2, 0.25) is 5.02 Å². The smallest absolute Gasteiger partial charge is 0.307 e. The van der Waals surface area contributed by atoms with Crippen molar-refractivity contribution in [2.24, 2.45) is 5.92 Å². The SMILES string of the molecule is O=C(O)C1CCCN(CCCOc2cccc(Cl)c2)C1. The van der Waals surface area contributed by atoms with Crippen molar-refractivity contribution in [2.45, 2.75) is 19.3 Å². The minimum atomic E-state index is -0.676. The largest absolute Gasteiger partial charge is 0.493 e. The van der Waals surface area contributed by atoms with Crippen molar-refractivity contribution in [3.05, 3.63) is 29.3 Å². The fourth-order valence-corrected chi connectivity index (χ4v) is 2.68. The molecule has 0 spiro atoms. The molecule has 1 saturated heterocycles. The number of piperidine rings is 1. The van der Waals surface area contributed by atoms with Crippen molar-refractivity contribution < 1.29 is 14.6 Å². The zero-order valence-electron chi connectivity index (χ0n) is 11.4. The highest BCUT2D eigenvalue weighted by atomic mass is 35.5. The molecule has 1 unspecified atom stereocenters. The molecule has 1 N–H and O–H groups in total. The lowest BCUT2D eigenvalue weighted by Gasteiger charge is -2.30. The monoisotopic (exact) mass is 297 g/mol. The first-order valence-corrected chi connectivity index (χ1v) is 7.36. The molecule has 0 radical (unpaired) electrons. The van der Waals surface area contributed by atoms with Gasteiger partial charge in [-0.3, -0.25) is 4.79 Å². The Kier molecular flexibility index (Phi) is 5.68. The van der Waals surface area contributed by atoms with Crippen LogP contribution in [0.4, 0.5) is 0 Å². The third-order valence-corrected chi connectivity index (χ3v) is 3.77. The van der Waals surface area contributed by atoms with Gasteiger partial charge in [-0.15, -0.1) is 0 Å². The average Bonchev–Trinajstić information content (AvgIpc) is 2.44. The standard InChI is InChI=1S/C15H20ClNO3/c16-13-5-1-6-14(10-13)20-9-3-8-17-7-2-4-12(11-17)15(18)19/h1,5-6,10,12H,2-4,7-9,11H2,(H,18,19). The third kappa shape index (κ3) is 4.69. The number of ether oxygens (including phenoxy) is 1. The number of halogens is 1. The molecule has 1 fully saturated rings. The molecule has 1 aliphatic rings. The van der Waals surface area contributed by atoms with Crippen LogP contribution < -0.4 is 4.74 Å². The molecular formula is C15H20ClNO3. The lowest BCUT2D eigenvalue weighted by atomic mass is 9.98. The number of benzene rings is 1. The van der Waals surface area contributed by atoms with Gasteiger partial charge in [0.05, 0.1) is 12.5 Å². The summed E-state index contributed by atoms with van der Waals surface area (Å²) in [5.74, 6) is -0.109. The van der Waals surface area contributed by atoms with E-state index in [0.29, 0.717) is 18.2 Å². The van der Waals surface area contributed by atoms with Gasteiger partial charge in [-0.25, -0.2) is 0 Å². The quantitative estimate of drug-likeness (QED) is 0.820. The molecule has 110 valence electrons. The van der Waals surface area contributed by atoms with E-state index in [2.05, 4.69) is 4.90 Å². The van der Waals surface area contributed by atoms with Gasteiger partial charge in [-0.2, -0.15) is 0 Å². The second kappa shape index (κ2) is 7.50. The number of carboxylic acid groups (broad SMARTS) is 1. The van der Waals surface area contributed by atoms with Gasteiger partial charge < -0.3 is 14.7 Å². The van der Waals surface area contributed by atoms with Gasteiger partial charge in [0, 0.05) is 18.1 Å². The predicted molar refractivity (Wildman–Crippen MR) is 78.4 cm³/mol. The summed E-state index contributed by atoms with van der Waals surface area (Å²) in [6.45, 7) is 3.15. The first-order valence-electron chi connectivity index (χ1n) is 6.98. The van der Waals surface area contributed by atoms with Crippen LogP contribution in [0.25, 0.3) is 0 Å². The highest BCUT2D eigenvalue weighted by Crippen LogP contribution is 2.18. The van der Waals surface area contributed by atoms with E-state index in [1.54, 1.807) is 6.07 Å². The highest BCUT2D eigenvalue weighted by Gasteiger charge is 2.24. The van der Waals surface area contributed by atoms with E-state index in [-0.39, 0.29) is 5.92 Å².